The molecule has 0 saturated carbocycles. The quantitative estimate of drug-likeness (QED) is 0.0292. The zero-order valence-corrected chi connectivity index (χ0v) is 45.6. The van der Waals surface area contributed by atoms with Gasteiger partial charge in [-0.05, 0) is 93.0 Å². The zero-order chi connectivity index (χ0) is 51.6. The van der Waals surface area contributed by atoms with Gasteiger partial charge in [-0.2, -0.15) is 16.8 Å². The minimum absolute atomic E-state index is 0. The number of fused-ring (bicyclic) bond motifs is 8. The molecule has 29 heteroatoms. The Morgan fingerprint density at radius 2 is 0.644 bits per heavy atom. The van der Waals surface area contributed by atoms with Crippen molar-refractivity contribution in [3.63, 3.8) is 0 Å². The molecule has 0 spiro atoms. The Hall–Kier alpha value is -3.40. The third-order valence-electron chi connectivity index (χ3n) is 10.7. The summed E-state index contributed by atoms with van der Waals surface area (Å²) in [6.45, 7) is 0. The number of nitrogens with zero attached hydrogens (tertiary/aromatic N) is 4. The van der Waals surface area contributed by atoms with Gasteiger partial charge in [-0.15, -0.1) is 30.7 Å². The van der Waals surface area contributed by atoms with Crippen LogP contribution < -0.4 is 9.97 Å². The average molecular weight is 1260 g/mol. The van der Waals surface area contributed by atoms with Crippen LogP contribution in [0.15, 0.2) is 117 Å². The second-order valence-corrected chi connectivity index (χ2v) is 22.2. The Morgan fingerprint density at radius 1 is 0.411 bits per heavy atom. The molecule has 4 N–H and O–H groups in total. The Balaban J connectivity index is 0.00000711. The van der Waals surface area contributed by atoms with Crippen molar-refractivity contribution in [2.45, 2.75) is 19.6 Å². The molecule has 0 saturated heterocycles. The molecule has 0 aliphatic carbocycles. The fourth-order valence-electron chi connectivity index (χ4n) is 7.59. The van der Waals surface area contributed by atoms with E-state index in [0.29, 0.717) is 45.0 Å². The second kappa shape index (κ2) is 22.3. The number of halogens is 8. The van der Waals surface area contributed by atoms with E-state index in [1.165, 1.54) is 24.3 Å². The molecule has 8 bridgehead atoms. The average Bonchev–Trinajstić information content (AvgIpc) is 4.02. The van der Waals surface area contributed by atoms with Crippen molar-refractivity contribution in [1.82, 2.24) is 19.9 Å². The van der Waals surface area contributed by atoms with Crippen molar-refractivity contribution in [1.29, 1.82) is 0 Å². The van der Waals surface area contributed by atoms with Gasteiger partial charge >= 0.3 is 17.1 Å². The van der Waals surface area contributed by atoms with E-state index in [-0.39, 0.29) is 136 Å². The number of hydrogen-bond acceptors (Lipinski definition) is 14. The fourth-order valence-corrected chi connectivity index (χ4v) is 11.1. The van der Waals surface area contributed by atoms with Crippen molar-refractivity contribution in [2.75, 3.05) is 0 Å². The molecule has 2 aliphatic heterocycles. The minimum Gasteiger partial charge on any atom is -0.654 e. The summed E-state index contributed by atoms with van der Waals surface area (Å²) in [7, 11) is -9.39. The molecule has 3 aromatic heterocycles. The number of hydrogen-bond donors (Lipinski definition) is 4. The molecule has 0 amide bonds. The summed E-state index contributed by atoms with van der Waals surface area (Å²) in [5.74, 6) is 0. The molecule has 7 aromatic rings. The first-order valence-electron chi connectivity index (χ1n) is 19.5. The molecule has 2 aliphatic rings. The Bertz CT molecular complexity index is 3620. The van der Waals surface area contributed by atoms with Gasteiger partial charge in [0.2, 0.25) is 0 Å². The van der Waals surface area contributed by atoms with E-state index >= 15 is 0 Å². The van der Waals surface area contributed by atoms with Crippen LogP contribution in [-0.4, -0.2) is 46.4 Å². The fraction of sp³-hybridized carbons (Fsp3) is 0. The summed E-state index contributed by atoms with van der Waals surface area (Å²) in [6, 6.07) is 22.6. The molecule has 16 nitrogen and oxygen atoms in total. The third-order valence-corrected chi connectivity index (χ3v) is 17.0. The van der Waals surface area contributed by atoms with E-state index in [0.717, 1.165) is 24.3 Å². The second-order valence-electron chi connectivity index (χ2n) is 14.7. The molecular weight excluding hydrogens is 1240 g/mol. The van der Waals surface area contributed by atoms with Crippen molar-refractivity contribution in [3.8, 4) is 44.5 Å². The first-order valence-corrected chi connectivity index (χ1v) is 26.9. The van der Waals surface area contributed by atoms with Crippen LogP contribution in [0, 0.1) is 0 Å². The number of benzene rings is 4. The van der Waals surface area contributed by atoms with E-state index in [1.807, 2.05) is 0 Å². The summed E-state index contributed by atoms with van der Waals surface area (Å²) >= 11 is 59.2. The molecule has 0 unspecified atom stereocenters. The van der Waals surface area contributed by atoms with Crippen molar-refractivity contribution in [2.24, 2.45) is 0 Å². The van der Waals surface area contributed by atoms with Crippen LogP contribution in [0.1, 0.15) is 22.8 Å². The summed E-state index contributed by atoms with van der Waals surface area (Å²) < 4.78 is 78.0. The van der Waals surface area contributed by atoms with Crippen LogP contribution in [0.5, 0.6) is 0 Å². The standard InChI is InChI=1S/C44H20Cl8N4O12S4.Mn/c45-29-30(46)38-26(18-3-11-22(12-4-18)70-68-66-58)40-32(48)34(50)42(55-40)28(20-7-15-24(16-8-20)72(62,63)64)44-36(52)35(51)43(56-44)27(19-5-13-23(14-6-19)71(59,60)61)41-33(49)31(47)39(54-41)25(37(29)53-38)17-1-9-21(10-2-17)69-67-65-57;/h1-16,57-58H,(H,59,60,61)(H,62,63,64);/q-2;+2. The van der Waals surface area contributed by atoms with Crippen LogP contribution in [0.25, 0.3) is 86.7 Å². The summed E-state index contributed by atoms with van der Waals surface area (Å²) in [5.41, 5.74) is 0.924. The Morgan fingerprint density at radius 3 is 0.863 bits per heavy atom. The predicted molar refractivity (Wildman–Crippen MR) is 279 cm³/mol. The predicted octanol–water partition coefficient (Wildman–Crippen LogP) is 14.8. The molecule has 9 rings (SSSR count). The minimum atomic E-state index is -4.70. The van der Waals surface area contributed by atoms with Crippen molar-refractivity contribution >= 4 is 179 Å². The molecule has 375 valence electrons. The monoisotopic (exact) mass is 1260 g/mol. The van der Waals surface area contributed by atoms with Crippen LogP contribution in [0.3, 0.4) is 0 Å². The molecule has 5 heterocycles. The Kier molecular flexibility index (Phi) is 17.0. The SMILES string of the molecule is O=S(=O)(O)c1ccc(-c2c3nc(c(-c4ccc(SOOO)cc4)c4[n-]c(c(Cl)c4Cl)c(-c4ccc(SOOO)cc4)c4nc(c(-c5ccc(S(=O)(=O)O)cc5)c5[n-]c2c(Cl)c5Cl)C(Cl)=C4Cl)C(Cl)=C3Cl)cc1.[Mn+2]. The summed E-state index contributed by atoms with van der Waals surface area (Å²) in [6.07, 6.45) is 0. The maximum Gasteiger partial charge on any atom is 2.00 e. The zero-order valence-electron chi connectivity index (χ0n) is 35.1. The Labute approximate surface area is 471 Å². The molecule has 0 atom stereocenters. The van der Waals surface area contributed by atoms with Crippen molar-refractivity contribution in [3.05, 3.63) is 140 Å². The largest absolute Gasteiger partial charge is 2.00 e. The molecule has 0 fully saturated rings. The maximum atomic E-state index is 12.2. The van der Waals surface area contributed by atoms with Crippen LogP contribution in [0.2, 0.25) is 20.1 Å². The van der Waals surface area contributed by atoms with Crippen LogP contribution in [-0.2, 0) is 56.0 Å². The number of rotatable bonds is 12. The van der Waals surface area contributed by atoms with Gasteiger partial charge in [0.15, 0.2) is 0 Å². The van der Waals surface area contributed by atoms with Gasteiger partial charge in [0.1, 0.15) is 0 Å². The van der Waals surface area contributed by atoms with E-state index < -0.39 is 30.0 Å². The summed E-state index contributed by atoms with van der Waals surface area (Å²) in [4.78, 5) is 20.0. The normalized spacial score (nSPS) is 13.0. The van der Waals surface area contributed by atoms with Gasteiger partial charge in [0.25, 0.3) is 20.2 Å². The van der Waals surface area contributed by atoms with E-state index in [1.54, 1.807) is 48.5 Å². The van der Waals surface area contributed by atoms with E-state index in [9.17, 15) is 25.9 Å². The van der Waals surface area contributed by atoms with E-state index in [2.05, 4.69) is 18.7 Å². The van der Waals surface area contributed by atoms with Crippen molar-refractivity contribution < 1.29 is 72.3 Å². The smallest absolute Gasteiger partial charge is 0.654 e. The number of aromatic nitrogens is 4. The molecule has 4 aromatic carbocycles. The van der Waals surface area contributed by atoms with Gasteiger partial charge in [-0.3, -0.25) is 9.11 Å². The van der Waals surface area contributed by atoms with Gasteiger partial charge < -0.3 is 9.97 Å². The first-order chi connectivity index (χ1) is 34.2. The first kappa shape index (κ1) is 55.8. The summed E-state index contributed by atoms with van der Waals surface area (Å²) in [5, 5.41) is 23.8. The molecule has 1 radical (unpaired) electrons. The van der Waals surface area contributed by atoms with Gasteiger partial charge in [0.05, 0.1) is 76.8 Å². The van der Waals surface area contributed by atoms with Crippen LogP contribution in [0.4, 0.5) is 0 Å². The van der Waals surface area contributed by atoms with Gasteiger partial charge in [0, 0.05) is 29.9 Å². The van der Waals surface area contributed by atoms with Gasteiger partial charge in [-0.1, -0.05) is 151 Å². The molecular formula is C44H20Cl8MnN4O12S4. The third kappa shape index (κ3) is 10.7. The molecule has 73 heavy (non-hydrogen) atoms. The van der Waals surface area contributed by atoms with Crippen LogP contribution >= 0.6 is 117 Å². The van der Waals surface area contributed by atoms with E-state index in [4.69, 9.17) is 123 Å². The topological polar surface area (TPSA) is 240 Å². The maximum absolute atomic E-state index is 12.2. The van der Waals surface area contributed by atoms with Gasteiger partial charge in [-0.25, -0.2) is 20.5 Å².